The number of rotatable bonds is 5. The molecule has 1 atom stereocenters. The Labute approximate surface area is 188 Å². The molecular formula is C21H17Cl3N4O2. The molecule has 0 bridgehead atoms. The van der Waals surface area contributed by atoms with Crippen LogP contribution in [0.15, 0.2) is 42.5 Å². The van der Waals surface area contributed by atoms with Crippen molar-refractivity contribution in [3.05, 3.63) is 63.2 Å². The highest BCUT2D eigenvalue weighted by atomic mass is 35.5. The van der Waals surface area contributed by atoms with Crippen molar-refractivity contribution in [2.24, 2.45) is 0 Å². The quantitative estimate of drug-likeness (QED) is 0.517. The van der Waals surface area contributed by atoms with E-state index in [9.17, 15) is 9.59 Å². The predicted molar refractivity (Wildman–Crippen MR) is 119 cm³/mol. The smallest absolute Gasteiger partial charge is 0.251 e. The van der Waals surface area contributed by atoms with Crippen LogP contribution in [0.1, 0.15) is 25.1 Å². The predicted octanol–water partition coefficient (Wildman–Crippen LogP) is 5.59. The van der Waals surface area contributed by atoms with Gasteiger partial charge in [0.15, 0.2) is 0 Å². The summed E-state index contributed by atoms with van der Waals surface area (Å²) in [5, 5.41) is 11.5. The molecule has 2 heterocycles. The zero-order valence-corrected chi connectivity index (χ0v) is 18.1. The number of benzene rings is 2. The number of hydrogen-bond donors (Lipinski definition) is 2. The third kappa shape index (κ3) is 3.90. The number of hydrogen-bond acceptors (Lipinski definition) is 3. The van der Waals surface area contributed by atoms with Crippen LogP contribution < -0.4 is 10.6 Å². The van der Waals surface area contributed by atoms with Gasteiger partial charge in [0, 0.05) is 16.3 Å². The normalized spacial score (nSPS) is 15.1. The van der Waals surface area contributed by atoms with E-state index in [-0.39, 0.29) is 18.2 Å². The molecule has 154 valence electrons. The van der Waals surface area contributed by atoms with E-state index in [0.29, 0.717) is 33.0 Å². The van der Waals surface area contributed by atoms with Crippen molar-refractivity contribution < 1.29 is 9.59 Å². The number of anilines is 2. The number of nitrogens with one attached hydrogen (secondary N) is 2. The second-order valence-electron chi connectivity index (χ2n) is 6.87. The third-order valence-corrected chi connectivity index (χ3v) is 5.83. The summed E-state index contributed by atoms with van der Waals surface area (Å²) in [7, 11) is 0. The molecule has 0 spiro atoms. The second-order valence-corrected chi connectivity index (χ2v) is 8.12. The SMILES string of the molecule is CCc1nn2c(c1-c1cccc(Cl)c1)NC(=O)C2CC(=O)Nc1ccc(Cl)c(Cl)c1. The fraction of sp³-hybridized carbons (Fsp3) is 0.190. The number of fused-ring (bicyclic) bond motifs is 1. The maximum atomic E-state index is 12.6. The molecule has 0 aliphatic carbocycles. The van der Waals surface area contributed by atoms with Crippen molar-refractivity contribution in [1.82, 2.24) is 9.78 Å². The first kappa shape index (κ1) is 20.7. The van der Waals surface area contributed by atoms with Crippen LogP contribution in [0, 0.1) is 0 Å². The highest BCUT2D eigenvalue weighted by molar-refractivity contribution is 6.42. The lowest BCUT2D eigenvalue weighted by Gasteiger charge is -2.10. The summed E-state index contributed by atoms with van der Waals surface area (Å²) in [4.78, 5) is 25.2. The zero-order chi connectivity index (χ0) is 21.4. The molecule has 0 saturated heterocycles. The topological polar surface area (TPSA) is 76.0 Å². The molecule has 0 saturated carbocycles. The molecule has 9 heteroatoms. The van der Waals surface area contributed by atoms with E-state index in [1.165, 1.54) is 0 Å². The van der Waals surface area contributed by atoms with Gasteiger partial charge in [0.1, 0.15) is 11.9 Å². The molecule has 4 rings (SSSR count). The maximum absolute atomic E-state index is 12.6. The lowest BCUT2D eigenvalue weighted by Crippen LogP contribution is -2.24. The molecule has 1 aliphatic rings. The molecule has 1 aliphatic heterocycles. The lowest BCUT2D eigenvalue weighted by atomic mass is 10.0. The van der Waals surface area contributed by atoms with E-state index in [1.54, 1.807) is 28.9 Å². The Balaban J connectivity index is 1.61. The van der Waals surface area contributed by atoms with Gasteiger partial charge in [-0.05, 0) is 42.3 Å². The lowest BCUT2D eigenvalue weighted by molar-refractivity contribution is -0.123. The van der Waals surface area contributed by atoms with Crippen LogP contribution in [0.3, 0.4) is 0 Å². The molecule has 1 unspecified atom stereocenters. The van der Waals surface area contributed by atoms with Gasteiger partial charge in [0.05, 0.1) is 22.2 Å². The first-order chi connectivity index (χ1) is 14.4. The molecule has 2 aromatic carbocycles. The van der Waals surface area contributed by atoms with Gasteiger partial charge in [-0.3, -0.25) is 9.59 Å². The Morgan fingerprint density at radius 1 is 1.17 bits per heavy atom. The number of carbonyl (C=O) groups is 2. The number of amides is 2. The fourth-order valence-corrected chi connectivity index (χ4v) is 3.96. The minimum absolute atomic E-state index is 0.0705. The van der Waals surface area contributed by atoms with Gasteiger partial charge in [-0.1, -0.05) is 53.9 Å². The van der Waals surface area contributed by atoms with E-state index in [2.05, 4.69) is 15.7 Å². The van der Waals surface area contributed by atoms with E-state index in [0.717, 1.165) is 16.8 Å². The molecule has 6 nitrogen and oxygen atoms in total. The summed E-state index contributed by atoms with van der Waals surface area (Å²) in [6.07, 6.45) is 0.596. The minimum Gasteiger partial charge on any atom is -0.326 e. The number of halogens is 3. The van der Waals surface area contributed by atoms with E-state index >= 15 is 0 Å². The van der Waals surface area contributed by atoms with Crippen LogP contribution in [-0.2, 0) is 16.0 Å². The van der Waals surface area contributed by atoms with Crippen LogP contribution in [0.25, 0.3) is 11.1 Å². The van der Waals surface area contributed by atoms with Crippen molar-refractivity contribution in [3.63, 3.8) is 0 Å². The van der Waals surface area contributed by atoms with E-state index < -0.39 is 6.04 Å². The Morgan fingerprint density at radius 2 is 1.97 bits per heavy atom. The van der Waals surface area contributed by atoms with E-state index in [1.807, 2.05) is 25.1 Å². The van der Waals surface area contributed by atoms with Crippen molar-refractivity contribution >= 4 is 58.1 Å². The van der Waals surface area contributed by atoms with Crippen LogP contribution in [-0.4, -0.2) is 21.6 Å². The maximum Gasteiger partial charge on any atom is 0.251 e. The van der Waals surface area contributed by atoms with Crippen LogP contribution in [0.5, 0.6) is 0 Å². The highest BCUT2D eigenvalue weighted by Gasteiger charge is 2.36. The summed E-state index contributed by atoms with van der Waals surface area (Å²) < 4.78 is 1.59. The van der Waals surface area contributed by atoms with Gasteiger partial charge in [0.25, 0.3) is 5.91 Å². The van der Waals surface area contributed by atoms with Gasteiger partial charge >= 0.3 is 0 Å². The van der Waals surface area contributed by atoms with Crippen molar-refractivity contribution in [3.8, 4) is 11.1 Å². The Morgan fingerprint density at radius 3 is 2.67 bits per heavy atom. The summed E-state index contributed by atoms with van der Waals surface area (Å²) in [5.41, 5.74) is 3.01. The highest BCUT2D eigenvalue weighted by Crippen LogP contribution is 2.39. The van der Waals surface area contributed by atoms with Crippen molar-refractivity contribution in [1.29, 1.82) is 0 Å². The van der Waals surface area contributed by atoms with E-state index in [4.69, 9.17) is 34.8 Å². The largest absolute Gasteiger partial charge is 0.326 e. The first-order valence-corrected chi connectivity index (χ1v) is 10.4. The van der Waals surface area contributed by atoms with Crippen molar-refractivity contribution in [2.75, 3.05) is 10.6 Å². The average Bonchev–Trinajstić information content (AvgIpc) is 3.20. The molecule has 2 N–H and O–H groups in total. The molecular weight excluding hydrogens is 447 g/mol. The Bertz CT molecular complexity index is 1160. The van der Waals surface area contributed by atoms with Gasteiger partial charge in [0.2, 0.25) is 5.91 Å². The van der Waals surface area contributed by atoms with Crippen molar-refractivity contribution in [2.45, 2.75) is 25.8 Å². The van der Waals surface area contributed by atoms with Gasteiger partial charge in [-0.15, -0.1) is 0 Å². The van der Waals surface area contributed by atoms with Crippen LogP contribution in [0.4, 0.5) is 11.5 Å². The standard InChI is InChI=1S/C21H17Cl3N4O2/c1-2-16-19(11-4-3-5-12(22)8-11)20-26-21(30)17(28(20)27-16)10-18(29)25-13-6-7-14(23)15(24)9-13/h3-9,17H,2,10H2,1H3,(H,25,29)(H,26,30). The third-order valence-electron chi connectivity index (χ3n) is 4.85. The van der Waals surface area contributed by atoms with Gasteiger partial charge < -0.3 is 10.6 Å². The van der Waals surface area contributed by atoms with Crippen LogP contribution in [0.2, 0.25) is 15.1 Å². The Hall–Kier alpha value is -2.54. The molecule has 0 radical (unpaired) electrons. The Kier molecular flexibility index (Phi) is 5.73. The van der Waals surface area contributed by atoms with Gasteiger partial charge in [-0.2, -0.15) is 5.10 Å². The molecule has 3 aromatic rings. The number of carbonyl (C=O) groups excluding carboxylic acids is 2. The van der Waals surface area contributed by atoms with Crippen LogP contribution >= 0.6 is 34.8 Å². The van der Waals surface area contributed by atoms with Gasteiger partial charge in [-0.25, -0.2) is 4.68 Å². The number of aryl methyl sites for hydroxylation is 1. The summed E-state index contributed by atoms with van der Waals surface area (Å²) in [6.45, 7) is 1.99. The molecule has 1 aromatic heterocycles. The summed E-state index contributed by atoms with van der Waals surface area (Å²) in [6, 6.07) is 11.4. The number of aromatic nitrogens is 2. The summed E-state index contributed by atoms with van der Waals surface area (Å²) in [5.74, 6) is -0.0431. The monoisotopic (exact) mass is 462 g/mol. The average molecular weight is 464 g/mol. The minimum atomic E-state index is -0.749. The number of nitrogens with zero attached hydrogens (tertiary/aromatic N) is 2. The molecule has 2 amide bonds. The fourth-order valence-electron chi connectivity index (χ4n) is 3.47. The molecule has 30 heavy (non-hydrogen) atoms. The zero-order valence-electron chi connectivity index (χ0n) is 15.9. The molecule has 0 fully saturated rings. The second kappa shape index (κ2) is 8.30. The first-order valence-electron chi connectivity index (χ1n) is 9.30. The summed E-state index contributed by atoms with van der Waals surface area (Å²) >= 11 is 18.0.